The number of ether oxygens (including phenoxy) is 2. The Morgan fingerprint density at radius 1 is 1.30 bits per heavy atom. The number of rotatable bonds is 8. The maximum absolute atomic E-state index is 13.2. The second kappa shape index (κ2) is 9.93. The number of esters is 1. The van der Waals surface area contributed by atoms with Gasteiger partial charge in [0.2, 0.25) is 0 Å². The van der Waals surface area contributed by atoms with Gasteiger partial charge in [-0.25, -0.2) is 9.78 Å². The van der Waals surface area contributed by atoms with Gasteiger partial charge in [0, 0.05) is 17.9 Å². The van der Waals surface area contributed by atoms with Crippen molar-refractivity contribution in [1.82, 2.24) is 14.5 Å². The van der Waals surface area contributed by atoms with Gasteiger partial charge in [-0.15, -0.1) is 0 Å². The fourth-order valence-electron chi connectivity index (χ4n) is 4.19. The molecule has 4 rings (SSSR count). The van der Waals surface area contributed by atoms with E-state index < -0.39 is 5.97 Å². The van der Waals surface area contributed by atoms with E-state index in [-0.39, 0.29) is 29.8 Å². The van der Waals surface area contributed by atoms with Crippen molar-refractivity contribution in [3.63, 3.8) is 0 Å². The molecular formula is C24H27N3O5S. The zero-order chi connectivity index (χ0) is 23.5. The molecule has 0 radical (unpaired) electrons. The number of ketones is 1. The van der Waals surface area contributed by atoms with Gasteiger partial charge in [0.05, 0.1) is 35.9 Å². The number of thioether (sulfide) groups is 1. The molecule has 174 valence electrons. The number of aromatic amines is 1. The van der Waals surface area contributed by atoms with Crippen LogP contribution < -0.4 is 5.56 Å². The number of hydrogen-bond donors (Lipinski definition) is 1. The molecule has 9 heteroatoms. The van der Waals surface area contributed by atoms with E-state index in [9.17, 15) is 14.4 Å². The van der Waals surface area contributed by atoms with Crippen LogP contribution in [0.25, 0.3) is 10.9 Å². The van der Waals surface area contributed by atoms with Crippen molar-refractivity contribution in [2.75, 3.05) is 19.0 Å². The summed E-state index contributed by atoms with van der Waals surface area (Å²) in [7, 11) is 0. The van der Waals surface area contributed by atoms with Crippen LogP contribution in [0.2, 0.25) is 0 Å². The number of para-hydroxylation sites is 1. The van der Waals surface area contributed by atoms with Crippen molar-refractivity contribution in [2.45, 2.75) is 51.4 Å². The van der Waals surface area contributed by atoms with Crippen LogP contribution in [0.15, 0.2) is 34.2 Å². The van der Waals surface area contributed by atoms with Crippen molar-refractivity contribution >= 4 is 34.4 Å². The van der Waals surface area contributed by atoms with Crippen LogP contribution in [-0.2, 0) is 16.0 Å². The quantitative estimate of drug-likeness (QED) is 0.232. The summed E-state index contributed by atoms with van der Waals surface area (Å²) in [4.78, 5) is 46.2. The van der Waals surface area contributed by atoms with E-state index in [1.165, 1.54) is 11.8 Å². The molecule has 0 spiro atoms. The van der Waals surface area contributed by atoms with Crippen molar-refractivity contribution in [3.8, 4) is 0 Å². The van der Waals surface area contributed by atoms with E-state index in [0.717, 1.165) is 12.8 Å². The van der Waals surface area contributed by atoms with Gasteiger partial charge in [0.1, 0.15) is 5.69 Å². The van der Waals surface area contributed by atoms with Gasteiger partial charge < -0.3 is 14.5 Å². The number of nitrogens with one attached hydrogen (secondary N) is 1. The van der Waals surface area contributed by atoms with Crippen molar-refractivity contribution < 1.29 is 19.1 Å². The highest BCUT2D eigenvalue weighted by molar-refractivity contribution is 7.99. The molecule has 0 aliphatic carbocycles. The maximum Gasteiger partial charge on any atom is 0.355 e. The summed E-state index contributed by atoms with van der Waals surface area (Å²) in [6.45, 7) is 6.58. The van der Waals surface area contributed by atoms with Crippen LogP contribution in [0.4, 0.5) is 0 Å². The van der Waals surface area contributed by atoms with Crippen LogP contribution >= 0.6 is 11.8 Å². The minimum atomic E-state index is -0.480. The number of Topliss-reactive ketones (excluding diaryl/α,β-unsaturated/α-hetero) is 1. The lowest BCUT2D eigenvalue weighted by atomic mass is 10.1. The third-order valence-electron chi connectivity index (χ3n) is 5.77. The maximum atomic E-state index is 13.2. The average Bonchev–Trinajstić information content (AvgIpc) is 3.42. The number of aryl methyl sites for hydroxylation is 1. The Bertz CT molecular complexity index is 1260. The highest BCUT2D eigenvalue weighted by Gasteiger charge is 2.24. The van der Waals surface area contributed by atoms with Gasteiger partial charge in [-0.1, -0.05) is 23.9 Å². The minimum Gasteiger partial charge on any atom is -0.461 e. The van der Waals surface area contributed by atoms with E-state index in [1.807, 2.05) is 12.1 Å². The number of nitrogens with zero attached hydrogens (tertiary/aromatic N) is 2. The summed E-state index contributed by atoms with van der Waals surface area (Å²) < 4.78 is 12.4. The molecule has 1 saturated heterocycles. The summed E-state index contributed by atoms with van der Waals surface area (Å²) in [6, 6.07) is 7.21. The Labute approximate surface area is 195 Å². The Balaban J connectivity index is 1.62. The number of fused-ring (bicyclic) bond motifs is 1. The second-order valence-corrected chi connectivity index (χ2v) is 8.96. The van der Waals surface area contributed by atoms with Gasteiger partial charge in [-0.3, -0.25) is 14.2 Å². The fraction of sp³-hybridized carbons (Fsp3) is 0.417. The topological polar surface area (TPSA) is 103 Å². The fourth-order valence-corrected chi connectivity index (χ4v) is 5.07. The van der Waals surface area contributed by atoms with Crippen LogP contribution in [0.5, 0.6) is 0 Å². The van der Waals surface area contributed by atoms with E-state index in [0.29, 0.717) is 51.7 Å². The van der Waals surface area contributed by atoms with Crippen LogP contribution in [0.1, 0.15) is 51.9 Å². The zero-order valence-electron chi connectivity index (χ0n) is 19.0. The van der Waals surface area contributed by atoms with Gasteiger partial charge in [0.15, 0.2) is 10.9 Å². The van der Waals surface area contributed by atoms with E-state index >= 15 is 0 Å². The Morgan fingerprint density at radius 3 is 2.82 bits per heavy atom. The first-order valence-electron chi connectivity index (χ1n) is 11.0. The first-order chi connectivity index (χ1) is 15.9. The number of H-pyrrole nitrogens is 1. The van der Waals surface area contributed by atoms with E-state index in [2.05, 4.69) is 9.97 Å². The Hall–Kier alpha value is -2.91. The zero-order valence-corrected chi connectivity index (χ0v) is 19.8. The molecule has 0 bridgehead atoms. The Kier molecular flexibility index (Phi) is 6.99. The number of aromatic nitrogens is 3. The smallest absolute Gasteiger partial charge is 0.355 e. The number of carbonyl (C=O) groups is 2. The summed E-state index contributed by atoms with van der Waals surface area (Å²) in [6.07, 6.45) is 1.82. The lowest BCUT2D eigenvalue weighted by molar-refractivity contribution is 0.0519. The highest BCUT2D eigenvalue weighted by atomic mass is 32.2. The number of carbonyl (C=O) groups excluding carboxylic acids is 2. The molecule has 1 atom stereocenters. The largest absolute Gasteiger partial charge is 0.461 e. The summed E-state index contributed by atoms with van der Waals surface area (Å²) in [5, 5.41) is 1.03. The van der Waals surface area contributed by atoms with Gasteiger partial charge in [0.25, 0.3) is 5.56 Å². The molecule has 8 nitrogen and oxygen atoms in total. The molecule has 3 aromatic rings. The normalized spacial score (nSPS) is 15.8. The van der Waals surface area contributed by atoms with Crippen LogP contribution in [0.3, 0.4) is 0 Å². The molecule has 33 heavy (non-hydrogen) atoms. The molecule has 0 saturated carbocycles. The van der Waals surface area contributed by atoms with Crippen molar-refractivity contribution in [3.05, 3.63) is 57.1 Å². The third kappa shape index (κ3) is 4.74. The number of hydrogen-bond acceptors (Lipinski definition) is 7. The molecule has 0 amide bonds. The Morgan fingerprint density at radius 2 is 2.09 bits per heavy atom. The van der Waals surface area contributed by atoms with Crippen molar-refractivity contribution in [2.24, 2.45) is 0 Å². The minimum absolute atomic E-state index is 0.0398. The molecule has 3 heterocycles. The summed E-state index contributed by atoms with van der Waals surface area (Å²) in [5.41, 5.74) is 2.41. The lowest BCUT2D eigenvalue weighted by Gasteiger charge is -2.16. The lowest BCUT2D eigenvalue weighted by Crippen LogP contribution is -2.29. The van der Waals surface area contributed by atoms with E-state index in [1.54, 1.807) is 37.5 Å². The third-order valence-corrected chi connectivity index (χ3v) is 6.74. The van der Waals surface area contributed by atoms with Crippen molar-refractivity contribution in [1.29, 1.82) is 0 Å². The van der Waals surface area contributed by atoms with Crippen LogP contribution in [-0.4, -0.2) is 51.4 Å². The summed E-state index contributed by atoms with van der Waals surface area (Å²) in [5.74, 6) is -0.544. The standard InChI is InChI=1S/C24H27N3O5S/c1-4-31-23(30)21-14(2)20(15(3)25-21)19(28)13-33-24-26-18-10-6-5-9-17(18)22(29)27(24)12-16-8-7-11-32-16/h5-6,9-10,16,25H,4,7-8,11-13H2,1-3H3. The highest BCUT2D eigenvalue weighted by Crippen LogP contribution is 2.25. The monoisotopic (exact) mass is 469 g/mol. The molecule has 1 aliphatic rings. The molecular weight excluding hydrogens is 442 g/mol. The second-order valence-electron chi connectivity index (χ2n) is 8.02. The van der Waals surface area contributed by atoms with Gasteiger partial charge in [-0.2, -0.15) is 0 Å². The predicted octanol–water partition coefficient (Wildman–Crippen LogP) is 3.67. The first kappa shape index (κ1) is 23.3. The van der Waals surface area contributed by atoms with Gasteiger partial charge >= 0.3 is 5.97 Å². The molecule has 1 unspecified atom stereocenters. The van der Waals surface area contributed by atoms with E-state index in [4.69, 9.17) is 9.47 Å². The molecule has 2 aromatic heterocycles. The number of benzene rings is 1. The summed E-state index contributed by atoms with van der Waals surface area (Å²) >= 11 is 1.22. The average molecular weight is 470 g/mol. The first-order valence-corrected chi connectivity index (χ1v) is 12.0. The molecule has 1 aliphatic heterocycles. The predicted molar refractivity (Wildman–Crippen MR) is 126 cm³/mol. The SMILES string of the molecule is CCOC(=O)c1[nH]c(C)c(C(=O)CSc2nc3ccccc3c(=O)n2CC2CCCO2)c1C. The molecule has 1 aromatic carbocycles. The van der Waals surface area contributed by atoms with Crippen LogP contribution in [0, 0.1) is 13.8 Å². The van der Waals surface area contributed by atoms with Gasteiger partial charge in [-0.05, 0) is 51.3 Å². The molecule has 1 N–H and O–H groups in total. The molecule has 1 fully saturated rings.